The molecule has 1 rings (SSSR count). The number of pyridine rings is 1. The van der Waals surface area contributed by atoms with Crippen molar-refractivity contribution in [2.24, 2.45) is 10.7 Å². The second-order valence-corrected chi connectivity index (χ2v) is 2.69. The molecule has 1 heterocycles. The molecular weight excluding hydrogens is 174 g/mol. The molecule has 0 saturated carbocycles. The number of hydrogen-bond acceptors (Lipinski definition) is 3. The van der Waals surface area contributed by atoms with Crippen LogP contribution in [0.4, 0.5) is 0 Å². The molecule has 72 valence electrons. The summed E-state index contributed by atoms with van der Waals surface area (Å²) in [7, 11) is 1.70. The molecule has 1 aromatic rings. The van der Waals surface area contributed by atoms with Gasteiger partial charge in [-0.05, 0) is 23.8 Å². The molecule has 0 atom stereocenters. The van der Waals surface area contributed by atoms with Gasteiger partial charge in [-0.1, -0.05) is 12.1 Å². The van der Waals surface area contributed by atoms with Crippen LogP contribution >= 0.6 is 0 Å². The largest absolute Gasteiger partial charge is 0.399 e. The number of allylic oxidation sites excluding steroid dienone is 2. The molecule has 0 amide bonds. The lowest BCUT2D eigenvalue weighted by atomic mass is 10.2. The second-order valence-electron chi connectivity index (χ2n) is 2.69. The summed E-state index contributed by atoms with van der Waals surface area (Å²) in [4.78, 5) is 7.79. The maximum Gasteiger partial charge on any atom is 0.0340 e. The van der Waals surface area contributed by atoms with Crippen LogP contribution in [0.1, 0.15) is 5.56 Å². The van der Waals surface area contributed by atoms with Crippen molar-refractivity contribution in [3.8, 4) is 0 Å². The molecule has 1 aromatic heterocycles. The normalized spacial score (nSPS) is 12.8. The molecule has 0 bridgehead atoms. The van der Waals surface area contributed by atoms with Gasteiger partial charge >= 0.3 is 0 Å². The average Bonchev–Trinajstić information content (AvgIpc) is 2.25. The molecule has 0 unspecified atom stereocenters. The van der Waals surface area contributed by atoms with Crippen molar-refractivity contribution >= 4 is 12.3 Å². The Labute approximate surface area is 83.7 Å². The molecular formula is C11H13N3. The Bertz CT molecular complexity index is 350. The molecule has 0 spiro atoms. The van der Waals surface area contributed by atoms with E-state index >= 15 is 0 Å². The second kappa shape index (κ2) is 5.70. The first-order valence-electron chi connectivity index (χ1n) is 4.29. The maximum absolute atomic E-state index is 5.67. The summed E-state index contributed by atoms with van der Waals surface area (Å²) in [5.41, 5.74) is 7.36. The monoisotopic (exact) mass is 187 g/mol. The molecule has 0 radical (unpaired) electrons. The highest BCUT2D eigenvalue weighted by Crippen LogP contribution is 1.99. The fourth-order valence-electron chi connectivity index (χ4n) is 0.883. The predicted molar refractivity (Wildman–Crippen MR) is 60.0 cm³/mol. The van der Waals surface area contributed by atoms with E-state index in [4.69, 9.17) is 5.73 Å². The van der Waals surface area contributed by atoms with Crippen LogP contribution in [-0.4, -0.2) is 18.2 Å². The number of hydrogen-bond donors (Lipinski definition) is 1. The minimum Gasteiger partial charge on any atom is -0.399 e. The zero-order valence-electron chi connectivity index (χ0n) is 8.09. The molecule has 0 aromatic carbocycles. The van der Waals surface area contributed by atoms with Gasteiger partial charge in [-0.2, -0.15) is 0 Å². The summed E-state index contributed by atoms with van der Waals surface area (Å²) in [5, 5.41) is 0. The quantitative estimate of drug-likeness (QED) is 0.577. The van der Waals surface area contributed by atoms with E-state index in [1.807, 2.05) is 24.3 Å². The Morgan fingerprint density at radius 1 is 1.57 bits per heavy atom. The summed E-state index contributed by atoms with van der Waals surface area (Å²) < 4.78 is 0. The number of rotatable bonds is 3. The lowest BCUT2D eigenvalue weighted by Gasteiger charge is -1.91. The third kappa shape index (κ3) is 3.67. The fraction of sp³-hybridized carbons (Fsp3) is 0.0909. The van der Waals surface area contributed by atoms with E-state index in [0.29, 0.717) is 5.70 Å². The first-order valence-corrected chi connectivity index (χ1v) is 4.29. The summed E-state index contributed by atoms with van der Waals surface area (Å²) in [6.45, 7) is 0. The summed E-state index contributed by atoms with van der Waals surface area (Å²) >= 11 is 0. The minimum atomic E-state index is 0.666. The van der Waals surface area contributed by atoms with Crippen molar-refractivity contribution in [1.82, 2.24) is 4.98 Å². The van der Waals surface area contributed by atoms with Gasteiger partial charge in [-0.25, -0.2) is 0 Å². The summed E-state index contributed by atoms with van der Waals surface area (Å²) in [6.07, 6.45) is 10.6. The van der Waals surface area contributed by atoms with Crippen molar-refractivity contribution in [3.05, 3.63) is 47.9 Å². The lowest BCUT2D eigenvalue weighted by molar-refractivity contribution is 1.32. The molecule has 0 aliphatic heterocycles. The van der Waals surface area contributed by atoms with Crippen LogP contribution in [0.25, 0.3) is 6.08 Å². The number of aromatic nitrogens is 1. The SMILES string of the molecule is CN=CC=C(N)/C=C/c1cccnc1. The Morgan fingerprint density at radius 2 is 2.43 bits per heavy atom. The van der Waals surface area contributed by atoms with Crippen LogP contribution in [0, 0.1) is 0 Å². The van der Waals surface area contributed by atoms with Crippen LogP contribution in [0.2, 0.25) is 0 Å². The van der Waals surface area contributed by atoms with Gasteiger partial charge in [0.05, 0.1) is 0 Å². The summed E-state index contributed by atoms with van der Waals surface area (Å²) in [6, 6.07) is 3.85. The van der Waals surface area contributed by atoms with Crippen molar-refractivity contribution in [2.45, 2.75) is 0 Å². The molecule has 3 heteroatoms. The Hall–Kier alpha value is -1.90. The molecule has 14 heavy (non-hydrogen) atoms. The van der Waals surface area contributed by atoms with E-state index in [9.17, 15) is 0 Å². The molecule has 3 nitrogen and oxygen atoms in total. The van der Waals surface area contributed by atoms with Crippen LogP contribution in [0.5, 0.6) is 0 Å². The number of aliphatic imine (C=N–C) groups is 1. The van der Waals surface area contributed by atoms with E-state index in [2.05, 4.69) is 9.98 Å². The van der Waals surface area contributed by atoms with Crippen molar-refractivity contribution in [3.63, 3.8) is 0 Å². The summed E-state index contributed by atoms with van der Waals surface area (Å²) in [5.74, 6) is 0. The van der Waals surface area contributed by atoms with Gasteiger partial charge in [0, 0.05) is 31.4 Å². The topological polar surface area (TPSA) is 51.3 Å². The number of nitrogens with two attached hydrogens (primary N) is 1. The van der Waals surface area contributed by atoms with E-state index < -0.39 is 0 Å². The van der Waals surface area contributed by atoms with Gasteiger partial charge in [0.2, 0.25) is 0 Å². The highest BCUT2D eigenvalue weighted by Gasteiger charge is 1.84. The Balaban J connectivity index is 2.65. The van der Waals surface area contributed by atoms with Crippen molar-refractivity contribution in [1.29, 1.82) is 0 Å². The smallest absolute Gasteiger partial charge is 0.0340 e. The standard InChI is InChI=1S/C11H13N3/c1-13-8-6-11(12)5-4-10-3-2-7-14-9-10/h2-9H,12H2,1H3/b5-4+,11-6?,13-8?. The fourth-order valence-corrected chi connectivity index (χ4v) is 0.883. The first kappa shape index (κ1) is 10.2. The van der Waals surface area contributed by atoms with Gasteiger partial charge in [-0.15, -0.1) is 0 Å². The van der Waals surface area contributed by atoms with Crippen LogP contribution in [0.3, 0.4) is 0 Å². The third-order valence-electron chi connectivity index (χ3n) is 1.57. The van der Waals surface area contributed by atoms with E-state index in [0.717, 1.165) is 5.56 Å². The maximum atomic E-state index is 5.67. The Morgan fingerprint density at radius 3 is 3.07 bits per heavy atom. The highest BCUT2D eigenvalue weighted by molar-refractivity contribution is 5.73. The van der Waals surface area contributed by atoms with Crippen LogP contribution < -0.4 is 5.73 Å². The van der Waals surface area contributed by atoms with E-state index in [1.165, 1.54) is 0 Å². The first-order chi connectivity index (χ1) is 6.83. The van der Waals surface area contributed by atoms with E-state index in [1.54, 1.807) is 31.7 Å². The van der Waals surface area contributed by atoms with E-state index in [-0.39, 0.29) is 0 Å². The van der Waals surface area contributed by atoms with Crippen molar-refractivity contribution < 1.29 is 0 Å². The van der Waals surface area contributed by atoms with Gasteiger partial charge in [0.1, 0.15) is 0 Å². The zero-order chi connectivity index (χ0) is 10.2. The molecule has 2 N–H and O–H groups in total. The van der Waals surface area contributed by atoms with Gasteiger partial charge in [-0.3, -0.25) is 9.98 Å². The minimum absolute atomic E-state index is 0.666. The van der Waals surface area contributed by atoms with Gasteiger partial charge in [0.25, 0.3) is 0 Å². The highest BCUT2D eigenvalue weighted by atomic mass is 14.6. The third-order valence-corrected chi connectivity index (χ3v) is 1.57. The molecule has 0 saturated heterocycles. The molecule has 0 fully saturated rings. The average molecular weight is 187 g/mol. The van der Waals surface area contributed by atoms with Gasteiger partial charge < -0.3 is 5.73 Å². The lowest BCUT2D eigenvalue weighted by Crippen LogP contribution is -1.92. The molecule has 0 aliphatic rings. The Kier molecular flexibility index (Phi) is 4.14. The predicted octanol–water partition coefficient (Wildman–Crippen LogP) is 1.64. The van der Waals surface area contributed by atoms with Gasteiger partial charge in [0.15, 0.2) is 0 Å². The molecule has 0 aliphatic carbocycles. The number of nitrogens with zero attached hydrogens (tertiary/aromatic N) is 2. The van der Waals surface area contributed by atoms with Crippen LogP contribution in [0.15, 0.2) is 47.4 Å². The zero-order valence-corrected chi connectivity index (χ0v) is 8.09. The van der Waals surface area contributed by atoms with Crippen molar-refractivity contribution in [2.75, 3.05) is 7.05 Å². The van der Waals surface area contributed by atoms with Crippen LogP contribution in [-0.2, 0) is 0 Å².